The van der Waals surface area contributed by atoms with Crippen LogP contribution in [0.15, 0.2) is 48.5 Å². The van der Waals surface area contributed by atoms with Crippen molar-refractivity contribution in [3.63, 3.8) is 0 Å². The molecule has 3 heterocycles. The van der Waals surface area contributed by atoms with Crippen LogP contribution in [-0.4, -0.2) is 53.7 Å². The second-order valence-electron chi connectivity index (χ2n) is 6.67. The van der Waals surface area contributed by atoms with Crippen molar-refractivity contribution >= 4 is 28.8 Å². The number of nitrogen functional groups attached to an aromatic ring is 1. The maximum absolute atomic E-state index is 11.9. The first-order chi connectivity index (χ1) is 13.7. The largest absolute Gasteiger partial charge is 0.450 e. The van der Waals surface area contributed by atoms with Crippen LogP contribution in [0.2, 0.25) is 0 Å². The van der Waals surface area contributed by atoms with Crippen molar-refractivity contribution in [2.24, 2.45) is 0 Å². The molecule has 3 aromatic rings. The second kappa shape index (κ2) is 7.72. The van der Waals surface area contributed by atoms with Crippen LogP contribution >= 0.6 is 0 Å². The van der Waals surface area contributed by atoms with Crippen LogP contribution in [0.3, 0.4) is 0 Å². The summed E-state index contributed by atoms with van der Waals surface area (Å²) < 4.78 is 5.10. The third-order valence-electron chi connectivity index (χ3n) is 4.90. The Balaban J connectivity index is 1.68. The number of benzene rings is 1. The molecule has 0 bridgehead atoms. The van der Waals surface area contributed by atoms with Crippen molar-refractivity contribution in [1.29, 1.82) is 0 Å². The first-order valence-electron chi connectivity index (χ1n) is 9.45. The van der Waals surface area contributed by atoms with Crippen LogP contribution in [-0.2, 0) is 4.74 Å². The number of fused-ring (bicyclic) bond motifs is 1. The van der Waals surface area contributed by atoms with E-state index in [9.17, 15) is 4.79 Å². The van der Waals surface area contributed by atoms with Crippen molar-refractivity contribution < 1.29 is 9.53 Å². The highest BCUT2D eigenvalue weighted by molar-refractivity contribution is 5.95. The minimum Gasteiger partial charge on any atom is -0.450 e. The number of carbonyl (C=O) groups is 1. The highest BCUT2D eigenvalue weighted by Crippen LogP contribution is 2.31. The summed E-state index contributed by atoms with van der Waals surface area (Å²) >= 11 is 0. The van der Waals surface area contributed by atoms with E-state index in [0.29, 0.717) is 44.3 Å². The maximum Gasteiger partial charge on any atom is 0.409 e. The van der Waals surface area contributed by atoms with Crippen molar-refractivity contribution in [3.8, 4) is 11.1 Å². The molecule has 2 aromatic heterocycles. The summed E-state index contributed by atoms with van der Waals surface area (Å²) in [6, 6.07) is 16.0. The number of nitrogens with zero attached hydrogens (tertiary/aromatic N) is 4. The number of rotatable bonds is 3. The van der Waals surface area contributed by atoms with Crippen molar-refractivity contribution in [3.05, 3.63) is 48.5 Å². The molecule has 144 valence electrons. The minimum absolute atomic E-state index is 0.256. The van der Waals surface area contributed by atoms with E-state index in [4.69, 9.17) is 15.5 Å². The fourth-order valence-corrected chi connectivity index (χ4v) is 3.46. The van der Waals surface area contributed by atoms with Gasteiger partial charge in [0, 0.05) is 31.6 Å². The molecule has 0 radical (unpaired) electrons. The average molecular weight is 377 g/mol. The van der Waals surface area contributed by atoms with Gasteiger partial charge in [-0.1, -0.05) is 30.3 Å². The van der Waals surface area contributed by atoms with E-state index < -0.39 is 0 Å². The van der Waals surface area contributed by atoms with Gasteiger partial charge in [0.2, 0.25) is 0 Å². The molecule has 1 aromatic carbocycles. The number of hydrogen-bond acceptors (Lipinski definition) is 6. The number of pyridine rings is 2. The number of amides is 1. The quantitative estimate of drug-likeness (QED) is 0.755. The summed E-state index contributed by atoms with van der Waals surface area (Å²) in [5.74, 6) is 1.29. The van der Waals surface area contributed by atoms with E-state index in [1.54, 1.807) is 11.0 Å². The van der Waals surface area contributed by atoms with Gasteiger partial charge in [0.25, 0.3) is 0 Å². The number of piperazine rings is 1. The molecule has 1 aliphatic rings. The Morgan fingerprint density at radius 1 is 1.07 bits per heavy atom. The lowest BCUT2D eigenvalue weighted by Gasteiger charge is -2.35. The lowest BCUT2D eigenvalue weighted by molar-refractivity contribution is 0.105. The number of hydrogen-bond donors (Lipinski definition) is 1. The van der Waals surface area contributed by atoms with E-state index in [-0.39, 0.29) is 6.09 Å². The van der Waals surface area contributed by atoms with E-state index in [2.05, 4.69) is 28.1 Å². The molecule has 0 spiro atoms. The SMILES string of the molecule is CCOC(=O)N1CCN(c2cc(-c3ccccc3)c3ccc(N)nc3n2)CC1. The predicted molar refractivity (Wildman–Crippen MR) is 110 cm³/mol. The number of nitrogens with two attached hydrogens (primary N) is 1. The molecule has 28 heavy (non-hydrogen) atoms. The van der Waals surface area contributed by atoms with Crippen molar-refractivity contribution in [2.45, 2.75) is 6.92 Å². The van der Waals surface area contributed by atoms with Gasteiger partial charge in [-0.25, -0.2) is 14.8 Å². The molecule has 1 amide bonds. The monoisotopic (exact) mass is 377 g/mol. The Labute approximate surface area is 163 Å². The first-order valence-corrected chi connectivity index (χ1v) is 9.45. The van der Waals surface area contributed by atoms with Crippen LogP contribution in [0.5, 0.6) is 0 Å². The minimum atomic E-state index is -0.256. The molecular weight excluding hydrogens is 354 g/mol. The van der Waals surface area contributed by atoms with E-state index in [1.807, 2.05) is 31.2 Å². The van der Waals surface area contributed by atoms with Gasteiger partial charge >= 0.3 is 6.09 Å². The lowest BCUT2D eigenvalue weighted by atomic mass is 10.0. The number of carbonyl (C=O) groups excluding carboxylic acids is 1. The summed E-state index contributed by atoms with van der Waals surface area (Å²) in [4.78, 5) is 25.0. The van der Waals surface area contributed by atoms with E-state index in [0.717, 1.165) is 22.3 Å². The molecule has 0 aliphatic carbocycles. The van der Waals surface area contributed by atoms with Crippen molar-refractivity contribution in [1.82, 2.24) is 14.9 Å². The Bertz CT molecular complexity index is 985. The Kier molecular flexibility index (Phi) is 4.97. The molecule has 1 aliphatic heterocycles. The summed E-state index contributed by atoms with van der Waals surface area (Å²) in [6.07, 6.45) is -0.256. The van der Waals surface area contributed by atoms with Gasteiger partial charge in [-0.05, 0) is 36.2 Å². The zero-order chi connectivity index (χ0) is 19.5. The summed E-state index contributed by atoms with van der Waals surface area (Å²) in [6.45, 7) is 4.78. The maximum atomic E-state index is 11.9. The zero-order valence-corrected chi connectivity index (χ0v) is 15.8. The average Bonchev–Trinajstić information content (AvgIpc) is 2.73. The van der Waals surface area contributed by atoms with Crippen molar-refractivity contribution in [2.75, 3.05) is 43.4 Å². The third-order valence-corrected chi connectivity index (χ3v) is 4.90. The molecule has 2 N–H and O–H groups in total. The highest BCUT2D eigenvalue weighted by atomic mass is 16.6. The molecular formula is C21H23N5O2. The normalized spacial score (nSPS) is 14.3. The van der Waals surface area contributed by atoms with Gasteiger partial charge in [0.15, 0.2) is 5.65 Å². The molecule has 7 nitrogen and oxygen atoms in total. The van der Waals surface area contributed by atoms with Gasteiger partial charge in [-0.3, -0.25) is 0 Å². The summed E-state index contributed by atoms with van der Waals surface area (Å²) in [7, 11) is 0. The number of anilines is 2. The smallest absolute Gasteiger partial charge is 0.409 e. The van der Waals surface area contributed by atoms with Gasteiger partial charge < -0.3 is 20.3 Å². The van der Waals surface area contributed by atoms with Crippen LogP contribution in [0, 0.1) is 0 Å². The Morgan fingerprint density at radius 3 is 2.54 bits per heavy atom. The highest BCUT2D eigenvalue weighted by Gasteiger charge is 2.23. The molecule has 0 unspecified atom stereocenters. The first kappa shape index (κ1) is 18.0. The molecule has 0 atom stereocenters. The summed E-state index contributed by atoms with van der Waals surface area (Å²) in [5.41, 5.74) is 8.70. The van der Waals surface area contributed by atoms with Gasteiger partial charge in [0.1, 0.15) is 11.6 Å². The third kappa shape index (κ3) is 3.55. The molecule has 0 saturated carbocycles. The molecule has 7 heteroatoms. The van der Waals surface area contributed by atoms with Gasteiger partial charge in [0.05, 0.1) is 6.61 Å². The van der Waals surface area contributed by atoms with Crippen LogP contribution in [0.25, 0.3) is 22.2 Å². The molecule has 1 saturated heterocycles. The lowest BCUT2D eigenvalue weighted by Crippen LogP contribution is -2.49. The van der Waals surface area contributed by atoms with Crippen LogP contribution < -0.4 is 10.6 Å². The fraction of sp³-hybridized carbons (Fsp3) is 0.286. The van der Waals surface area contributed by atoms with Gasteiger partial charge in [-0.2, -0.15) is 0 Å². The number of ether oxygens (including phenoxy) is 1. The predicted octanol–water partition coefficient (Wildman–Crippen LogP) is 3.16. The van der Waals surface area contributed by atoms with E-state index in [1.165, 1.54) is 0 Å². The number of aromatic nitrogens is 2. The Hall–Kier alpha value is -3.35. The fourth-order valence-electron chi connectivity index (χ4n) is 3.46. The molecule has 4 rings (SSSR count). The Morgan fingerprint density at radius 2 is 1.82 bits per heavy atom. The summed E-state index contributed by atoms with van der Waals surface area (Å²) in [5, 5.41) is 0.967. The van der Waals surface area contributed by atoms with E-state index >= 15 is 0 Å². The van der Waals surface area contributed by atoms with Crippen LogP contribution in [0.4, 0.5) is 16.4 Å². The standard InChI is InChI=1S/C21H23N5O2/c1-2-28-21(27)26-12-10-25(11-13-26)19-14-17(15-6-4-3-5-7-15)16-8-9-18(22)23-20(16)24-19/h3-9,14H,2,10-13H2,1H3,(H2,22,23,24). The topological polar surface area (TPSA) is 84.6 Å². The van der Waals surface area contributed by atoms with Crippen LogP contribution in [0.1, 0.15) is 6.92 Å². The second-order valence-corrected chi connectivity index (χ2v) is 6.67. The zero-order valence-electron chi connectivity index (χ0n) is 15.8. The van der Waals surface area contributed by atoms with Gasteiger partial charge in [-0.15, -0.1) is 0 Å². The molecule has 1 fully saturated rings.